The van der Waals surface area contributed by atoms with Crippen molar-refractivity contribution in [3.8, 4) is 0 Å². The Morgan fingerprint density at radius 1 is 1.18 bits per heavy atom. The van der Waals surface area contributed by atoms with Crippen LogP contribution in [0.3, 0.4) is 0 Å². The Balaban J connectivity index is 2.13. The van der Waals surface area contributed by atoms with E-state index >= 15 is 0 Å². The van der Waals surface area contributed by atoms with E-state index < -0.39 is 9.84 Å². The highest BCUT2D eigenvalue weighted by Crippen LogP contribution is 2.04. The van der Waals surface area contributed by atoms with Crippen LogP contribution in [0.25, 0.3) is 0 Å². The standard InChI is InChI=1S/C11H17NO4S/c13-7-10-17(14,15)9-4-8-16-12-11-5-2-1-3-6-11/h1-3,5-6,12-13H,4,7-10H2. The van der Waals surface area contributed by atoms with Gasteiger partial charge in [-0.3, -0.25) is 10.3 Å². The number of anilines is 1. The summed E-state index contributed by atoms with van der Waals surface area (Å²) in [7, 11) is -3.13. The summed E-state index contributed by atoms with van der Waals surface area (Å²) >= 11 is 0. The Morgan fingerprint density at radius 3 is 2.53 bits per heavy atom. The average molecular weight is 259 g/mol. The first-order chi connectivity index (χ1) is 8.14. The number of nitrogens with one attached hydrogen (secondary N) is 1. The Hall–Kier alpha value is -1.11. The van der Waals surface area contributed by atoms with Gasteiger partial charge in [-0.05, 0) is 18.6 Å². The predicted molar refractivity (Wildman–Crippen MR) is 66.4 cm³/mol. The summed E-state index contributed by atoms with van der Waals surface area (Å²) in [6.45, 7) is -0.0228. The lowest BCUT2D eigenvalue weighted by molar-refractivity contribution is 0.195. The van der Waals surface area contributed by atoms with E-state index in [0.29, 0.717) is 13.0 Å². The van der Waals surface area contributed by atoms with Crippen molar-refractivity contribution in [2.75, 3.05) is 30.2 Å². The highest BCUT2D eigenvalue weighted by molar-refractivity contribution is 7.91. The maximum Gasteiger partial charge on any atom is 0.152 e. The summed E-state index contributed by atoms with van der Waals surface area (Å²) in [6, 6.07) is 9.34. The molecule has 17 heavy (non-hydrogen) atoms. The molecule has 96 valence electrons. The first-order valence-electron chi connectivity index (χ1n) is 5.38. The molecule has 0 unspecified atom stereocenters. The number of benzene rings is 1. The molecule has 0 fully saturated rings. The van der Waals surface area contributed by atoms with Gasteiger partial charge in [0, 0.05) is 0 Å². The van der Waals surface area contributed by atoms with Crippen LogP contribution < -0.4 is 5.48 Å². The molecule has 0 saturated carbocycles. The fourth-order valence-corrected chi connectivity index (χ4v) is 2.27. The van der Waals surface area contributed by atoms with Crippen molar-refractivity contribution in [3.63, 3.8) is 0 Å². The van der Waals surface area contributed by atoms with Gasteiger partial charge in [0.05, 0.1) is 30.4 Å². The molecule has 0 aromatic heterocycles. The van der Waals surface area contributed by atoms with Gasteiger partial charge in [0.2, 0.25) is 0 Å². The molecule has 1 aromatic carbocycles. The summed E-state index contributed by atoms with van der Waals surface area (Å²) in [6.07, 6.45) is 0.405. The van der Waals surface area contributed by atoms with E-state index in [1.54, 1.807) is 0 Å². The van der Waals surface area contributed by atoms with E-state index in [9.17, 15) is 8.42 Å². The van der Waals surface area contributed by atoms with Crippen LogP contribution >= 0.6 is 0 Å². The molecular formula is C11H17NO4S. The van der Waals surface area contributed by atoms with Gasteiger partial charge in [-0.1, -0.05) is 18.2 Å². The zero-order valence-corrected chi connectivity index (χ0v) is 10.3. The quantitative estimate of drug-likeness (QED) is 0.534. The summed E-state index contributed by atoms with van der Waals surface area (Å²) in [5.74, 6) is -0.150. The van der Waals surface area contributed by atoms with Gasteiger partial charge in [-0.15, -0.1) is 0 Å². The van der Waals surface area contributed by atoms with E-state index in [-0.39, 0.29) is 18.1 Å². The van der Waals surface area contributed by atoms with Crippen LogP contribution in [-0.4, -0.2) is 38.2 Å². The first-order valence-corrected chi connectivity index (χ1v) is 7.20. The average Bonchev–Trinajstić information content (AvgIpc) is 2.30. The molecule has 0 heterocycles. The smallest absolute Gasteiger partial charge is 0.152 e. The third kappa shape index (κ3) is 6.25. The number of para-hydroxylation sites is 1. The van der Waals surface area contributed by atoms with Gasteiger partial charge >= 0.3 is 0 Å². The van der Waals surface area contributed by atoms with Gasteiger partial charge in [0.15, 0.2) is 9.84 Å². The molecule has 0 spiro atoms. The fourth-order valence-electron chi connectivity index (χ4n) is 1.23. The van der Waals surface area contributed by atoms with E-state index in [1.165, 1.54) is 0 Å². The lowest BCUT2D eigenvalue weighted by Gasteiger charge is -2.06. The highest BCUT2D eigenvalue weighted by atomic mass is 32.2. The normalized spacial score (nSPS) is 11.4. The van der Waals surface area contributed by atoms with E-state index in [0.717, 1.165) is 5.69 Å². The molecule has 0 aliphatic rings. The second-order valence-corrected chi connectivity index (χ2v) is 5.85. The van der Waals surface area contributed by atoms with Crippen molar-refractivity contribution < 1.29 is 18.4 Å². The van der Waals surface area contributed by atoms with Crippen molar-refractivity contribution in [3.05, 3.63) is 30.3 Å². The van der Waals surface area contributed by atoms with Crippen molar-refractivity contribution >= 4 is 15.5 Å². The Morgan fingerprint density at radius 2 is 1.88 bits per heavy atom. The molecule has 1 rings (SSSR count). The number of rotatable bonds is 8. The molecule has 0 aliphatic carbocycles. The minimum Gasteiger partial charge on any atom is -0.395 e. The molecular weight excluding hydrogens is 242 g/mol. The number of hydrogen-bond acceptors (Lipinski definition) is 5. The van der Waals surface area contributed by atoms with Crippen molar-refractivity contribution in [2.45, 2.75) is 6.42 Å². The molecule has 0 bridgehead atoms. The van der Waals surface area contributed by atoms with E-state index in [1.807, 2.05) is 30.3 Å². The van der Waals surface area contributed by atoms with Crippen LogP contribution in [0.5, 0.6) is 0 Å². The number of aliphatic hydroxyl groups is 1. The molecule has 0 radical (unpaired) electrons. The molecule has 2 N–H and O–H groups in total. The van der Waals surface area contributed by atoms with E-state index in [2.05, 4.69) is 5.48 Å². The van der Waals surface area contributed by atoms with Crippen LogP contribution in [0, 0.1) is 0 Å². The minimum atomic E-state index is -3.13. The third-order valence-electron chi connectivity index (χ3n) is 2.07. The molecule has 0 atom stereocenters. The largest absolute Gasteiger partial charge is 0.395 e. The summed E-state index contributed by atoms with van der Waals surface area (Å²) in [5.41, 5.74) is 3.54. The monoisotopic (exact) mass is 259 g/mol. The van der Waals surface area contributed by atoms with Crippen LogP contribution in [0.4, 0.5) is 5.69 Å². The molecule has 5 nitrogen and oxygen atoms in total. The van der Waals surface area contributed by atoms with Gasteiger partial charge in [0.25, 0.3) is 0 Å². The molecule has 6 heteroatoms. The lowest BCUT2D eigenvalue weighted by atomic mass is 10.3. The Kier molecular flexibility index (Phi) is 5.96. The predicted octanol–water partition coefficient (Wildman–Crippen LogP) is 0.827. The molecule has 0 saturated heterocycles. The van der Waals surface area contributed by atoms with Crippen LogP contribution in [0.1, 0.15) is 6.42 Å². The second-order valence-electron chi connectivity index (χ2n) is 3.55. The molecule has 1 aromatic rings. The van der Waals surface area contributed by atoms with Crippen LogP contribution in [0.2, 0.25) is 0 Å². The number of hydrogen-bond donors (Lipinski definition) is 2. The number of aliphatic hydroxyl groups excluding tert-OH is 1. The maximum absolute atomic E-state index is 11.2. The highest BCUT2D eigenvalue weighted by Gasteiger charge is 2.08. The third-order valence-corrected chi connectivity index (χ3v) is 3.78. The number of sulfone groups is 1. The van der Waals surface area contributed by atoms with Crippen molar-refractivity contribution in [2.24, 2.45) is 0 Å². The van der Waals surface area contributed by atoms with Crippen LogP contribution in [0.15, 0.2) is 30.3 Å². The van der Waals surface area contributed by atoms with Crippen molar-refractivity contribution in [1.29, 1.82) is 0 Å². The first kappa shape index (κ1) is 14.0. The van der Waals surface area contributed by atoms with Crippen LogP contribution in [-0.2, 0) is 14.7 Å². The topological polar surface area (TPSA) is 75.6 Å². The Bertz CT molecular complexity index is 405. The van der Waals surface area contributed by atoms with Gasteiger partial charge < -0.3 is 5.11 Å². The van der Waals surface area contributed by atoms with Gasteiger partial charge in [-0.2, -0.15) is 0 Å². The van der Waals surface area contributed by atoms with Gasteiger partial charge in [-0.25, -0.2) is 8.42 Å². The molecule has 0 amide bonds. The zero-order chi connectivity index (χ0) is 12.6. The minimum absolute atomic E-state index is 0.0318. The summed E-state index contributed by atoms with van der Waals surface area (Å²) in [4.78, 5) is 5.12. The fraction of sp³-hybridized carbons (Fsp3) is 0.455. The SMILES string of the molecule is O=S(=O)(CCO)CCCONc1ccccc1. The lowest BCUT2D eigenvalue weighted by Crippen LogP contribution is -2.16. The van der Waals surface area contributed by atoms with E-state index in [4.69, 9.17) is 9.94 Å². The summed E-state index contributed by atoms with van der Waals surface area (Å²) < 4.78 is 22.5. The summed E-state index contributed by atoms with van der Waals surface area (Å²) in [5, 5.41) is 8.53. The maximum atomic E-state index is 11.2. The molecule has 0 aliphatic heterocycles. The van der Waals surface area contributed by atoms with Crippen molar-refractivity contribution in [1.82, 2.24) is 0 Å². The Labute approximate surface area is 101 Å². The van der Waals surface area contributed by atoms with Gasteiger partial charge in [0.1, 0.15) is 0 Å². The zero-order valence-electron chi connectivity index (χ0n) is 9.50. The second kappa shape index (κ2) is 7.26.